The van der Waals surface area contributed by atoms with Gasteiger partial charge in [-0.1, -0.05) is 6.07 Å². The van der Waals surface area contributed by atoms with Crippen LogP contribution in [0.1, 0.15) is 12.0 Å². The third-order valence-corrected chi connectivity index (χ3v) is 3.21. The lowest BCUT2D eigenvalue weighted by atomic mass is 10.0. The second-order valence-corrected chi connectivity index (χ2v) is 4.64. The Morgan fingerprint density at radius 1 is 1.55 bits per heavy atom. The van der Waals surface area contributed by atoms with E-state index in [-0.39, 0.29) is 24.5 Å². The smallest absolute Gasteiger partial charge is 0.307 e. The number of hydrogen-bond acceptors (Lipinski definition) is 5. The third-order valence-electron chi connectivity index (χ3n) is 3.21. The topological polar surface area (TPSA) is 76.7 Å². The molecule has 0 saturated carbocycles. The molecular weight excluding hydrogens is 260 g/mol. The summed E-state index contributed by atoms with van der Waals surface area (Å²) in [5, 5.41) is 5.85. The molecule has 0 aliphatic carbocycles. The Balaban J connectivity index is 2.07. The normalized spacial score (nSPS) is 14.8. The maximum absolute atomic E-state index is 11.3. The molecule has 0 aromatic heterocycles. The van der Waals surface area contributed by atoms with Crippen LogP contribution in [0.3, 0.4) is 0 Å². The van der Waals surface area contributed by atoms with Gasteiger partial charge in [-0.25, -0.2) is 0 Å². The Bertz CT molecular complexity index is 516. The molecule has 0 bridgehead atoms. The number of likely N-dealkylation sites (N-methyl/N-ethyl adjacent to an activating group) is 1. The zero-order valence-electron chi connectivity index (χ0n) is 11.6. The number of ether oxygens (including phenoxy) is 2. The minimum atomic E-state index is -0.251. The van der Waals surface area contributed by atoms with E-state index < -0.39 is 0 Å². The van der Waals surface area contributed by atoms with E-state index in [9.17, 15) is 9.59 Å². The van der Waals surface area contributed by atoms with Gasteiger partial charge in [-0.3, -0.25) is 9.59 Å². The van der Waals surface area contributed by atoms with Gasteiger partial charge in [0, 0.05) is 6.04 Å². The Kier molecular flexibility index (Phi) is 4.57. The zero-order valence-corrected chi connectivity index (χ0v) is 11.6. The molecule has 6 nitrogen and oxygen atoms in total. The van der Waals surface area contributed by atoms with Crippen LogP contribution >= 0.6 is 0 Å². The first kappa shape index (κ1) is 14.3. The molecule has 1 heterocycles. The van der Waals surface area contributed by atoms with E-state index in [2.05, 4.69) is 15.4 Å². The molecule has 20 heavy (non-hydrogen) atoms. The minimum absolute atomic E-state index is 0.0132. The number of benzene rings is 1. The van der Waals surface area contributed by atoms with Crippen LogP contribution in [0.25, 0.3) is 0 Å². The van der Waals surface area contributed by atoms with E-state index >= 15 is 0 Å². The fraction of sp³-hybridized carbons (Fsp3) is 0.429. The van der Waals surface area contributed by atoms with Gasteiger partial charge in [0.25, 0.3) is 5.91 Å². The van der Waals surface area contributed by atoms with Gasteiger partial charge in [-0.05, 0) is 31.2 Å². The van der Waals surface area contributed by atoms with E-state index in [1.54, 1.807) is 7.05 Å². The van der Waals surface area contributed by atoms with Crippen molar-refractivity contribution in [2.75, 3.05) is 26.1 Å². The second kappa shape index (κ2) is 6.38. The number of esters is 1. The SMILES string of the molecule is CNC(CC(=O)OC)Cc1ccc2c(c1)NC(=O)CO2. The van der Waals surface area contributed by atoms with E-state index in [4.69, 9.17) is 4.74 Å². The van der Waals surface area contributed by atoms with E-state index in [0.717, 1.165) is 5.56 Å². The van der Waals surface area contributed by atoms with Crippen LogP contribution < -0.4 is 15.4 Å². The number of rotatable bonds is 5. The maximum Gasteiger partial charge on any atom is 0.307 e. The van der Waals surface area contributed by atoms with Crippen molar-refractivity contribution in [3.8, 4) is 5.75 Å². The fourth-order valence-corrected chi connectivity index (χ4v) is 2.10. The lowest BCUT2D eigenvalue weighted by Gasteiger charge is -2.20. The van der Waals surface area contributed by atoms with Crippen LogP contribution in [0.5, 0.6) is 5.75 Å². The summed E-state index contributed by atoms with van der Waals surface area (Å²) in [6.45, 7) is 0.0494. The summed E-state index contributed by atoms with van der Waals surface area (Å²) < 4.78 is 9.97. The van der Waals surface area contributed by atoms with Crippen LogP contribution in [0.2, 0.25) is 0 Å². The van der Waals surface area contributed by atoms with Crippen molar-refractivity contribution in [1.29, 1.82) is 0 Å². The quantitative estimate of drug-likeness (QED) is 0.776. The summed E-state index contributed by atoms with van der Waals surface area (Å²) in [6.07, 6.45) is 0.960. The first-order valence-electron chi connectivity index (χ1n) is 6.42. The highest BCUT2D eigenvalue weighted by molar-refractivity contribution is 5.95. The number of amides is 1. The second-order valence-electron chi connectivity index (χ2n) is 4.64. The summed E-state index contributed by atoms with van der Waals surface area (Å²) in [6, 6.07) is 5.61. The van der Waals surface area contributed by atoms with Gasteiger partial charge in [0.1, 0.15) is 5.75 Å². The summed E-state index contributed by atoms with van der Waals surface area (Å²) in [4.78, 5) is 22.6. The number of nitrogens with one attached hydrogen (secondary N) is 2. The molecule has 108 valence electrons. The molecule has 1 unspecified atom stereocenters. The van der Waals surface area contributed by atoms with Gasteiger partial charge < -0.3 is 20.1 Å². The van der Waals surface area contributed by atoms with E-state index in [1.807, 2.05) is 18.2 Å². The molecular formula is C14H18N2O4. The van der Waals surface area contributed by atoms with Gasteiger partial charge in [-0.15, -0.1) is 0 Å². The van der Waals surface area contributed by atoms with Gasteiger partial charge >= 0.3 is 5.97 Å². The van der Waals surface area contributed by atoms with Crippen molar-refractivity contribution in [2.24, 2.45) is 0 Å². The number of anilines is 1. The first-order valence-corrected chi connectivity index (χ1v) is 6.42. The highest BCUT2D eigenvalue weighted by Gasteiger charge is 2.18. The Hall–Kier alpha value is -2.08. The third kappa shape index (κ3) is 3.48. The molecule has 6 heteroatoms. The zero-order chi connectivity index (χ0) is 14.5. The van der Waals surface area contributed by atoms with Crippen LogP contribution in [0.15, 0.2) is 18.2 Å². The predicted octanol–water partition coefficient (Wildman–Crippen LogP) is 0.711. The lowest BCUT2D eigenvalue weighted by Crippen LogP contribution is -2.31. The molecule has 1 aromatic rings. The van der Waals surface area contributed by atoms with Gasteiger partial charge in [0.15, 0.2) is 6.61 Å². The Morgan fingerprint density at radius 2 is 2.35 bits per heavy atom. The Labute approximate surface area is 117 Å². The van der Waals surface area contributed by atoms with Crippen LogP contribution in [0.4, 0.5) is 5.69 Å². The van der Waals surface area contributed by atoms with Crippen molar-refractivity contribution < 1.29 is 19.1 Å². The average Bonchev–Trinajstić information content (AvgIpc) is 2.45. The number of carbonyl (C=O) groups is 2. The standard InChI is InChI=1S/C14H18N2O4/c1-15-10(7-14(18)19-2)5-9-3-4-12-11(6-9)16-13(17)8-20-12/h3-4,6,10,15H,5,7-8H2,1-2H3,(H,16,17). The first-order chi connectivity index (χ1) is 9.62. The molecule has 0 radical (unpaired) electrons. The lowest BCUT2D eigenvalue weighted by molar-refractivity contribution is -0.141. The van der Waals surface area contributed by atoms with Gasteiger partial charge in [-0.2, -0.15) is 0 Å². The molecule has 1 aromatic carbocycles. The van der Waals surface area contributed by atoms with Crippen LogP contribution in [-0.4, -0.2) is 38.7 Å². The van der Waals surface area contributed by atoms with Crippen molar-refractivity contribution in [3.05, 3.63) is 23.8 Å². The minimum Gasteiger partial charge on any atom is -0.482 e. The summed E-state index contributed by atoms with van der Waals surface area (Å²) in [7, 11) is 3.18. The molecule has 2 N–H and O–H groups in total. The number of methoxy groups -OCH3 is 1. The number of fused-ring (bicyclic) bond motifs is 1. The maximum atomic E-state index is 11.3. The number of hydrogen-bond donors (Lipinski definition) is 2. The van der Waals surface area contributed by atoms with Crippen molar-refractivity contribution >= 4 is 17.6 Å². The van der Waals surface area contributed by atoms with Crippen molar-refractivity contribution in [2.45, 2.75) is 18.9 Å². The highest BCUT2D eigenvalue weighted by atomic mass is 16.5. The Morgan fingerprint density at radius 3 is 3.05 bits per heavy atom. The molecule has 1 amide bonds. The molecule has 0 fully saturated rings. The van der Waals surface area contributed by atoms with Crippen LogP contribution in [0, 0.1) is 0 Å². The van der Waals surface area contributed by atoms with Gasteiger partial charge in [0.05, 0.1) is 19.2 Å². The number of carbonyl (C=O) groups excluding carboxylic acids is 2. The largest absolute Gasteiger partial charge is 0.482 e. The molecule has 2 rings (SSSR count). The van der Waals surface area contributed by atoms with Crippen LogP contribution in [-0.2, 0) is 20.7 Å². The van der Waals surface area contributed by atoms with E-state index in [0.29, 0.717) is 24.3 Å². The molecule has 1 aliphatic rings. The fourth-order valence-electron chi connectivity index (χ4n) is 2.10. The summed E-state index contributed by atoms with van der Waals surface area (Å²) >= 11 is 0. The van der Waals surface area contributed by atoms with E-state index in [1.165, 1.54) is 7.11 Å². The molecule has 0 saturated heterocycles. The molecule has 0 spiro atoms. The highest BCUT2D eigenvalue weighted by Crippen LogP contribution is 2.28. The van der Waals surface area contributed by atoms with Crippen molar-refractivity contribution in [3.63, 3.8) is 0 Å². The summed E-state index contributed by atoms with van der Waals surface area (Å²) in [5.41, 5.74) is 1.68. The van der Waals surface area contributed by atoms with Crippen molar-refractivity contribution in [1.82, 2.24) is 5.32 Å². The summed E-state index contributed by atoms with van der Waals surface area (Å²) in [5.74, 6) is 0.260. The molecule has 1 aliphatic heterocycles. The van der Waals surface area contributed by atoms with Gasteiger partial charge in [0.2, 0.25) is 0 Å². The monoisotopic (exact) mass is 278 g/mol. The predicted molar refractivity (Wildman–Crippen MR) is 73.8 cm³/mol. The molecule has 1 atom stereocenters. The average molecular weight is 278 g/mol.